The molecule has 0 aliphatic carbocycles. The second-order valence-electron chi connectivity index (χ2n) is 2.83. The zero-order valence-corrected chi connectivity index (χ0v) is 11.2. The van der Waals surface area contributed by atoms with Crippen LogP contribution in [0.5, 0.6) is 0 Å². The molecule has 0 radical (unpaired) electrons. The molecule has 0 atom stereocenters. The fourth-order valence-electron chi connectivity index (χ4n) is 1.25. The summed E-state index contributed by atoms with van der Waals surface area (Å²) in [7, 11) is -3.36. The number of thioether (sulfide) groups is 1. The van der Waals surface area contributed by atoms with Crippen LogP contribution in [0.25, 0.3) is 0 Å². The Labute approximate surface area is 98.8 Å². The molecule has 0 amide bonds. The van der Waals surface area contributed by atoms with Crippen LogP contribution in [0.1, 0.15) is 13.8 Å². The molecule has 0 aromatic carbocycles. The van der Waals surface area contributed by atoms with Crippen molar-refractivity contribution in [2.24, 2.45) is 0 Å². The van der Waals surface area contributed by atoms with Gasteiger partial charge >= 0.3 is 7.60 Å². The van der Waals surface area contributed by atoms with E-state index in [0.29, 0.717) is 10.3 Å². The average Bonchev–Trinajstić information content (AvgIpc) is 2.60. The number of hydrogen-bond acceptors (Lipinski definition) is 6. The highest BCUT2D eigenvalue weighted by molar-refractivity contribution is 7.99. The molecule has 3 N–H and O–H groups in total. The van der Waals surface area contributed by atoms with Crippen molar-refractivity contribution in [1.82, 2.24) is 10.2 Å². The number of anilines is 1. The molecule has 1 rings (SSSR count). The monoisotopic (exact) mass is 265 g/mol. The van der Waals surface area contributed by atoms with E-state index in [9.17, 15) is 4.57 Å². The van der Waals surface area contributed by atoms with Crippen LogP contribution in [0.4, 0.5) is 5.82 Å². The van der Waals surface area contributed by atoms with E-state index in [1.165, 1.54) is 11.8 Å². The van der Waals surface area contributed by atoms with E-state index in [1.807, 2.05) is 6.26 Å². The highest BCUT2D eigenvalue weighted by Crippen LogP contribution is 2.49. The summed E-state index contributed by atoms with van der Waals surface area (Å²) in [5.74, 6) is 0.231. The molecule has 8 heteroatoms. The topological polar surface area (TPSA) is 90.2 Å². The lowest BCUT2D eigenvalue weighted by atomic mass is 10.6. The largest absolute Gasteiger partial charge is 0.383 e. The van der Waals surface area contributed by atoms with Crippen molar-refractivity contribution in [1.29, 1.82) is 0 Å². The lowest BCUT2D eigenvalue weighted by molar-refractivity contribution is 0.229. The van der Waals surface area contributed by atoms with Crippen LogP contribution in [0.15, 0.2) is 5.03 Å². The zero-order valence-electron chi connectivity index (χ0n) is 9.52. The molecule has 0 aliphatic heterocycles. The third kappa shape index (κ3) is 2.60. The van der Waals surface area contributed by atoms with Crippen LogP contribution in [-0.4, -0.2) is 29.7 Å². The molecule has 0 saturated carbocycles. The van der Waals surface area contributed by atoms with Gasteiger partial charge in [0.05, 0.1) is 13.2 Å². The fourth-order valence-corrected chi connectivity index (χ4v) is 3.94. The third-order valence-corrected chi connectivity index (χ3v) is 4.83. The highest BCUT2D eigenvalue weighted by Gasteiger charge is 2.34. The van der Waals surface area contributed by atoms with Crippen LogP contribution in [0, 0.1) is 0 Å². The minimum absolute atomic E-state index is 0.231. The number of rotatable bonds is 6. The number of aromatic amines is 1. The number of nitrogens with two attached hydrogens (primary N) is 1. The van der Waals surface area contributed by atoms with Gasteiger partial charge in [0.2, 0.25) is 0 Å². The van der Waals surface area contributed by atoms with Crippen LogP contribution in [-0.2, 0) is 13.6 Å². The van der Waals surface area contributed by atoms with E-state index in [-0.39, 0.29) is 19.0 Å². The quantitative estimate of drug-likeness (QED) is 0.600. The van der Waals surface area contributed by atoms with Crippen molar-refractivity contribution >= 4 is 30.5 Å². The first-order chi connectivity index (χ1) is 7.59. The predicted octanol–water partition coefficient (Wildman–Crippen LogP) is 1.61. The normalized spacial score (nSPS) is 11.9. The Morgan fingerprint density at radius 2 is 2.00 bits per heavy atom. The number of nitrogens with one attached hydrogen (secondary N) is 1. The van der Waals surface area contributed by atoms with Gasteiger partial charge < -0.3 is 14.8 Å². The summed E-state index contributed by atoms with van der Waals surface area (Å²) in [4.78, 5) is 0. The van der Waals surface area contributed by atoms with Crippen molar-refractivity contribution in [2.45, 2.75) is 18.9 Å². The standard InChI is InChI=1S/C8H16N3O3PS/c1-4-13-15(12,14-5-2)6-7(9)10-11-8(6)16-3/h4-5H2,1-3H3,(H3,9,10,11). The van der Waals surface area contributed by atoms with Gasteiger partial charge in [-0.05, 0) is 20.1 Å². The first kappa shape index (κ1) is 13.6. The van der Waals surface area contributed by atoms with Gasteiger partial charge in [0.25, 0.3) is 0 Å². The summed E-state index contributed by atoms with van der Waals surface area (Å²) in [5.41, 5.74) is 5.70. The van der Waals surface area contributed by atoms with Crippen LogP contribution >= 0.6 is 19.4 Å². The van der Waals surface area contributed by atoms with Gasteiger partial charge in [-0.1, -0.05) is 0 Å². The third-order valence-electron chi connectivity index (χ3n) is 1.80. The van der Waals surface area contributed by atoms with Gasteiger partial charge in [0.1, 0.15) is 16.1 Å². The SMILES string of the molecule is CCOP(=O)(OCC)c1c(SC)n[nH]c1N. The molecule has 16 heavy (non-hydrogen) atoms. The number of nitrogen functional groups attached to an aromatic ring is 1. The molecule has 6 nitrogen and oxygen atoms in total. The second-order valence-corrected chi connectivity index (χ2v) is 5.58. The Kier molecular flexibility index (Phi) is 4.86. The van der Waals surface area contributed by atoms with Crippen molar-refractivity contribution < 1.29 is 13.6 Å². The van der Waals surface area contributed by atoms with Crippen LogP contribution in [0.3, 0.4) is 0 Å². The minimum atomic E-state index is -3.36. The summed E-state index contributed by atoms with van der Waals surface area (Å²) in [6.07, 6.45) is 1.82. The average molecular weight is 265 g/mol. The molecule has 1 aromatic heterocycles. The fraction of sp³-hybridized carbons (Fsp3) is 0.625. The van der Waals surface area contributed by atoms with Crippen molar-refractivity contribution in [3.63, 3.8) is 0 Å². The highest BCUT2D eigenvalue weighted by atomic mass is 32.2. The molecular formula is C8H16N3O3PS. The van der Waals surface area contributed by atoms with E-state index < -0.39 is 7.60 Å². The molecule has 92 valence electrons. The second kappa shape index (κ2) is 5.72. The van der Waals surface area contributed by atoms with Gasteiger partial charge in [-0.15, -0.1) is 11.8 Å². The van der Waals surface area contributed by atoms with E-state index in [0.717, 1.165) is 0 Å². The zero-order chi connectivity index (χ0) is 12.2. The molecule has 1 heterocycles. The summed E-state index contributed by atoms with van der Waals surface area (Å²) in [5, 5.41) is 7.41. The Hall–Kier alpha value is -0.490. The maximum Gasteiger partial charge on any atom is 0.367 e. The van der Waals surface area contributed by atoms with Crippen molar-refractivity contribution in [2.75, 3.05) is 25.2 Å². The number of nitrogens with zero attached hydrogens (tertiary/aromatic N) is 1. The summed E-state index contributed by atoms with van der Waals surface area (Å²) < 4.78 is 22.9. The van der Waals surface area contributed by atoms with Gasteiger partial charge in [-0.25, -0.2) is 0 Å². The molecule has 0 fully saturated rings. The Balaban J connectivity index is 3.19. The van der Waals surface area contributed by atoms with Gasteiger partial charge in [-0.3, -0.25) is 9.66 Å². The van der Waals surface area contributed by atoms with Crippen molar-refractivity contribution in [3.05, 3.63) is 0 Å². The summed E-state index contributed by atoms with van der Waals surface area (Å²) >= 11 is 1.34. The Morgan fingerprint density at radius 3 is 2.44 bits per heavy atom. The van der Waals surface area contributed by atoms with Gasteiger partial charge in [0, 0.05) is 0 Å². The van der Waals surface area contributed by atoms with Gasteiger partial charge in [0.15, 0.2) is 0 Å². The minimum Gasteiger partial charge on any atom is -0.383 e. The summed E-state index contributed by atoms with van der Waals surface area (Å²) in [6, 6.07) is 0. The van der Waals surface area contributed by atoms with Crippen LogP contribution < -0.4 is 11.0 Å². The smallest absolute Gasteiger partial charge is 0.367 e. The van der Waals surface area contributed by atoms with Gasteiger partial charge in [-0.2, -0.15) is 5.10 Å². The molecule has 0 aliphatic rings. The first-order valence-electron chi connectivity index (χ1n) is 4.86. The molecule has 0 spiro atoms. The van der Waals surface area contributed by atoms with E-state index in [2.05, 4.69) is 10.2 Å². The number of H-pyrrole nitrogens is 1. The Bertz CT molecular complexity index is 386. The van der Waals surface area contributed by atoms with E-state index in [1.54, 1.807) is 13.8 Å². The number of hydrogen-bond donors (Lipinski definition) is 2. The molecule has 0 saturated heterocycles. The molecular weight excluding hydrogens is 249 g/mol. The lowest BCUT2D eigenvalue weighted by Gasteiger charge is -2.16. The molecule has 1 aromatic rings. The first-order valence-corrected chi connectivity index (χ1v) is 7.63. The molecule has 0 bridgehead atoms. The maximum atomic E-state index is 12.5. The van der Waals surface area contributed by atoms with E-state index >= 15 is 0 Å². The Morgan fingerprint density at radius 1 is 1.44 bits per heavy atom. The predicted molar refractivity (Wildman–Crippen MR) is 65.3 cm³/mol. The maximum absolute atomic E-state index is 12.5. The van der Waals surface area contributed by atoms with Crippen LogP contribution in [0.2, 0.25) is 0 Å². The van der Waals surface area contributed by atoms with E-state index in [4.69, 9.17) is 14.8 Å². The van der Waals surface area contributed by atoms with Crippen molar-refractivity contribution in [3.8, 4) is 0 Å². The lowest BCUT2D eigenvalue weighted by Crippen LogP contribution is -2.15. The summed E-state index contributed by atoms with van der Waals surface area (Å²) in [6.45, 7) is 4.08. The molecule has 0 unspecified atom stereocenters. The number of aromatic nitrogens is 2.